The fraction of sp³-hybridized carbons (Fsp3) is 0.250. The van der Waals surface area contributed by atoms with Crippen molar-refractivity contribution < 1.29 is 33.9 Å². The Morgan fingerprint density at radius 1 is 0.548 bits per heavy atom. The first-order valence-electron chi connectivity index (χ1n) is 9.51. The monoisotopic (exact) mass is 426 g/mol. The Morgan fingerprint density at radius 3 is 1.32 bits per heavy atom. The van der Waals surface area contributed by atoms with Gasteiger partial charge in [0, 0.05) is 41.3 Å². The Kier molecular flexibility index (Phi) is 6.65. The summed E-state index contributed by atoms with van der Waals surface area (Å²) in [7, 11) is 7.62. The Morgan fingerprint density at radius 2 is 0.968 bits per heavy atom. The maximum Gasteiger partial charge on any atom is 0.130 e. The molecule has 7 nitrogen and oxygen atoms in total. The predicted molar refractivity (Wildman–Crippen MR) is 116 cm³/mol. The summed E-state index contributed by atoms with van der Waals surface area (Å²) in [6.45, 7) is 0. The molecule has 0 bridgehead atoms. The van der Waals surface area contributed by atoms with Crippen LogP contribution in [-0.4, -0.2) is 45.8 Å². The van der Waals surface area contributed by atoms with Gasteiger partial charge in [0.15, 0.2) is 0 Å². The lowest BCUT2D eigenvalue weighted by Gasteiger charge is -2.25. The maximum absolute atomic E-state index is 11.0. The zero-order chi connectivity index (χ0) is 22.5. The molecule has 0 aliphatic heterocycles. The topological polar surface area (TPSA) is 86.6 Å². The summed E-state index contributed by atoms with van der Waals surface area (Å²) in [6, 6.07) is 13.7. The van der Waals surface area contributed by atoms with Crippen molar-refractivity contribution in [3.8, 4) is 40.2 Å². The van der Waals surface area contributed by atoms with Crippen LogP contribution in [0.25, 0.3) is 0 Å². The summed E-state index contributed by atoms with van der Waals surface area (Å²) in [5.41, 5.74) is 1.68. The molecule has 0 unspecified atom stereocenters. The Labute approximate surface area is 181 Å². The molecule has 2 N–H and O–H groups in total. The van der Waals surface area contributed by atoms with Crippen LogP contribution < -0.4 is 23.7 Å². The van der Waals surface area contributed by atoms with Gasteiger partial charge in [-0.1, -0.05) is 12.1 Å². The normalized spacial score (nSPS) is 10.6. The van der Waals surface area contributed by atoms with E-state index in [0.717, 1.165) is 5.56 Å². The van der Waals surface area contributed by atoms with Crippen molar-refractivity contribution in [3.63, 3.8) is 0 Å². The number of ether oxygens (including phenoxy) is 5. The Bertz CT molecular complexity index is 983. The largest absolute Gasteiger partial charge is 0.507 e. The first-order chi connectivity index (χ1) is 15.0. The number of phenols is 2. The minimum Gasteiger partial charge on any atom is -0.507 e. The third-order valence-electron chi connectivity index (χ3n) is 5.13. The lowest BCUT2D eigenvalue weighted by atomic mass is 9.82. The summed E-state index contributed by atoms with van der Waals surface area (Å²) >= 11 is 0. The summed E-state index contributed by atoms with van der Waals surface area (Å²) in [4.78, 5) is 0. The summed E-state index contributed by atoms with van der Waals surface area (Å²) in [5, 5.41) is 21.9. The van der Waals surface area contributed by atoms with E-state index in [-0.39, 0.29) is 11.5 Å². The second kappa shape index (κ2) is 9.38. The second-order valence-electron chi connectivity index (χ2n) is 6.73. The van der Waals surface area contributed by atoms with Gasteiger partial charge in [-0.25, -0.2) is 0 Å². The van der Waals surface area contributed by atoms with Crippen LogP contribution in [0.4, 0.5) is 0 Å². The number of hydrogen-bond acceptors (Lipinski definition) is 7. The molecule has 164 valence electrons. The Hall–Kier alpha value is -3.74. The average Bonchev–Trinajstić information content (AvgIpc) is 2.80. The van der Waals surface area contributed by atoms with Crippen LogP contribution in [0.1, 0.15) is 22.6 Å². The van der Waals surface area contributed by atoms with Crippen LogP contribution in [0.5, 0.6) is 40.2 Å². The van der Waals surface area contributed by atoms with Crippen molar-refractivity contribution in [1.29, 1.82) is 0 Å². The molecule has 31 heavy (non-hydrogen) atoms. The van der Waals surface area contributed by atoms with E-state index in [1.54, 1.807) is 19.2 Å². The van der Waals surface area contributed by atoms with Crippen LogP contribution >= 0.6 is 0 Å². The number of phenolic OH excluding ortho intramolecular Hbond substituents is 2. The maximum atomic E-state index is 11.0. The number of hydrogen-bond donors (Lipinski definition) is 2. The van der Waals surface area contributed by atoms with Gasteiger partial charge in [0.2, 0.25) is 0 Å². The van der Waals surface area contributed by atoms with Crippen LogP contribution in [0, 0.1) is 0 Å². The fourth-order valence-electron chi connectivity index (χ4n) is 3.60. The molecule has 0 saturated heterocycles. The van der Waals surface area contributed by atoms with Gasteiger partial charge < -0.3 is 33.9 Å². The van der Waals surface area contributed by atoms with Crippen molar-refractivity contribution in [1.82, 2.24) is 0 Å². The molecule has 0 saturated carbocycles. The number of methoxy groups -OCH3 is 5. The highest BCUT2D eigenvalue weighted by Crippen LogP contribution is 2.50. The van der Waals surface area contributed by atoms with E-state index < -0.39 is 5.92 Å². The zero-order valence-corrected chi connectivity index (χ0v) is 18.1. The number of aromatic hydroxyl groups is 2. The molecule has 3 aromatic carbocycles. The van der Waals surface area contributed by atoms with Gasteiger partial charge in [0.25, 0.3) is 0 Å². The van der Waals surface area contributed by atoms with Gasteiger partial charge in [-0.3, -0.25) is 0 Å². The number of benzene rings is 3. The lowest BCUT2D eigenvalue weighted by molar-refractivity contribution is 0.371. The molecule has 3 rings (SSSR count). The molecule has 7 heteroatoms. The highest BCUT2D eigenvalue weighted by atomic mass is 16.5. The molecule has 0 atom stereocenters. The molecule has 0 aliphatic carbocycles. The van der Waals surface area contributed by atoms with Crippen molar-refractivity contribution in [2.45, 2.75) is 5.92 Å². The molecule has 0 radical (unpaired) electrons. The SMILES string of the molecule is COc1ccc(C(c2c(O)cc(OC)cc2OC)c2c(O)cc(OC)cc2OC)cc1. The summed E-state index contributed by atoms with van der Waals surface area (Å²) in [5.74, 6) is 1.63. The molecular formula is C24H26O7. The molecular weight excluding hydrogens is 400 g/mol. The van der Waals surface area contributed by atoms with Gasteiger partial charge in [-0.05, 0) is 17.7 Å². The molecule has 0 fully saturated rings. The highest BCUT2D eigenvalue weighted by Gasteiger charge is 2.30. The van der Waals surface area contributed by atoms with Gasteiger partial charge >= 0.3 is 0 Å². The van der Waals surface area contributed by atoms with Gasteiger partial charge in [-0.15, -0.1) is 0 Å². The van der Waals surface area contributed by atoms with E-state index in [1.165, 1.54) is 40.6 Å². The van der Waals surface area contributed by atoms with Crippen molar-refractivity contribution in [2.24, 2.45) is 0 Å². The van der Waals surface area contributed by atoms with Crippen molar-refractivity contribution in [2.75, 3.05) is 35.5 Å². The molecule has 0 aliphatic rings. The molecule has 0 aromatic heterocycles. The van der Waals surface area contributed by atoms with Crippen LogP contribution in [0.3, 0.4) is 0 Å². The third kappa shape index (κ3) is 4.26. The quantitative estimate of drug-likeness (QED) is 0.519. The Balaban J connectivity index is 2.35. The van der Waals surface area contributed by atoms with Crippen molar-refractivity contribution >= 4 is 0 Å². The fourth-order valence-corrected chi connectivity index (χ4v) is 3.60. The van der Waals surface area contributed by atoms with E-state index in [1.807, 2.05) is 24.3 Å². The standard InChI is InChI=1S/C24H26O7/c1-27-15-8-6-14(7-9-15)22(23-18(25)10-16(28-2)12-20(23)30-4)24-19(26)11-17(29-3)13-21(24)31-5/h6-13,22,25-26H,1-5H3. The minimum atomic E-state index is -0.632. The highest BCUT2D eigenvalue weighted by molar-refractivity contribution is 5.64. The van der Waals surface area contributed by atoms with Gasteiger partial charge in [0.1, 0.15) is 40.2 Å². The average molecular weight is 426 g/mol. The van der Waals surface area contributed by atoms with Crippen LogP contribution in [0.15, 0.2) is 48.5 Å². The molecule has 0 amide bonds. The van der Waals surface area contributed by atoms with E-state index in [4.69, 9.17) is 23.7 Å². The lowest BCUT2D eigenvalue weighted by Crippen LogP contribution is -2.09. The predicted octanol–water partition coefficient (Wildman–Crippen LogP) is 4.32. The first-order valence-corrected chi connectivity index (χ1v) is 9.51. The number of rotatable bonds is 8. The zero-order valence-electron chi connectivity index (χ0n) is 18.1. The van der Waals surface area contributed by atoms with Crippen LogP contribution in [0.2, 0.25) is 0 Å². The summed E-state index contributed by atoms with van der Waals surface area (Å²) in [6.07, 6.45) is 0. The summed E-state index contributed by atoms with van der Waals surface area (Å²) < 4.78 is 27.0. The van der Waals surface area contributed by atoms with E-state index in [9.17, 15) is 10.2 Å². The van der Waals surface area contributed by atoms with E-state index in [2.05, 4.69) is 0 Å². The van der Waals surface area contributed by atoms with Crippen molar-refractivity contribution in [3.05, 3.63) is 65.2 Å². The third-order valence-corrected chi connectivity index (χ3v) is 5.13. The van der Waals surface area contributed by atoms with Gasteiger partial charge in [-0.2, -0.15) is 0 Å². The minimum absolute atomic E-state index is 0.0470. The first kappa shape index (κ1) is 22.0. The molecule has 0 heterocycles. The van der Waals surface area contributed by atoms with Gasteiger partial charge in [0.05, 0.1) is 35.5 Å². The molecule has 3 aromatic rings. The second-order valence-corrected chi connectivity index (χ2v) is 6.73. The van der Waals surface area contributed by atoms with Crippen LogP contribution in [-0.2, 0) is 0 Å². The molecule has 0 spiro atoms. The van der Waals surface area contributed by atoms with E-state index in [0.29, 0.717) is 39.9 Å². The smallest absolute Gasteiger partial charge is 0.130 e. The van der Waals surface area contributed by atoms with E-state index >= 15 is 0 Å².